The number of hydrogen-bond donors (Lipinski definition) is 1. The molecule has 1 aromatic rings. The third kappa shape index (κ3) is 2.12. The lowest BCUT2D eigenvalue weighted by molar-refractivity contribution is -0.148. The minimum atomic E-state index is -0.858. The Labute approximate surface area is 111 Å². The molecule has 0 amide bonds. The molecule has 0 radical (unpaired) electrons. The Bertz CT molecular complexity index is 464. The zero-order valence-electron chi connectivity index (χ0n) is 10.6. The van der Waals surface area contributed by atoms with Crippen molar-refractivity contribution in [1.82, 2.24) is 9.78 Å². The summed E-state index contributed by atoms with van der Waals surface area (Å²) >= 11 is 6.22. The van der Waals surface area contributed by atoms with Crippen molar-refractivity contribution in [1.29, 1.82) is 0 Å². The van der Waals surface area contributed by atoms with E-state index >= 15 is 0 Å². The summed E-state index contributed by atoms with van der Waals surface area (Å²) < 4.78 is 7.04. The van der Waals surface area contributed by atoms with E-state index in [1.54, 1.807) is 4.68 Å². The van der Waals surface area contributed by atoms with Gasteiger partial charge in [0.1, 0.15) is 0 Å². The van der Waals surface area contributed by atoms with Crippen LogP contribution in [0.4, 0.5) is 0 Å². The Balaban J connectivity index is 2.35. The van der Waals surface area contributed by atoms with Gasteiger partial charge in [0.05, 0.1) is 28.4 Å². The molecule has 1 fully saturated rings. The van der Waals surface area contributed by atoms with Crippen molar-refractivity contribution in [3.05, 3.63) is 16.4 Å². The maximum Gasteiger partial charge on any atom is 0.312 e. The van der Waals surface area contributed by atoms with Gasteiger partial charge in [0.2, 0.25) is 0 Å². The molecule has 1 aliphatic rings. The number of carboxylic acid groups (broad SMARTS) is 1. The van der Waals surface area contributed by atoms with Crippen LogP contribution in [-0.4, -0.2) is 34.1 Å². The van der Waals surface area contributed by atoms with Crippen molar-refractivity contribution < 1.29 is 14.6 Å². The number of aromatic nitrogens is 2. The van der Waals surface area contributed by atoms with Crippen molar-refractivity contribution in [2.45, 2.75) is 33.2 Å². The fraction of sp³-hybridized carbons (Fsp3) is 0.667. The van der Waals surface area contributed by atoms with Crippen LogP contribution in [0.25, 0.3) is 0 Å². The highest BCUT2D eigenvalue weighted by atomic mass is 35.5. The lowest BCUT2D eigenvalue weighted by Crippen LogP contribution is -2.34. The standard InChI is InChI=1S/C12H17ClN2O3/c1-3-15-9(10(13)8(2)14-15)6-12(11(16)17)4-5-18-7-12/h3-7H2,1-2H3,(H,16,17). The summed E-state index contributed by atoms with van der Waals surface area (Å²) in [4.78, 5) is 11.5. The Kier molecular flexibility index (Phi) is 3.64. The molecule has 0 aromatic carbocycles. The maximum atomic E-state index is 11.5. The first kappa shape index (κ1) is 13.4. The summed E-state index contributed by atoms with van der Waals surface area (Å²) in [6.45, 7) is 5.21. The second kappa shape index (κ2) is 4.90. The van der Waals surface area contributed by atoms with Gasteiger partial charge < -0.3 is 9.84 Å². The SMILES string of the molecule is CCn1nc(C)c(Cl)c1CC1(C(=O)O)CCOC1. The number of carbonyl (C=O) groups is 1. The second-order valence-corrected chi connectivity index (χ2v) is 5.10. The molecule has 0 saturated carbocycles. The first-order valence-corrected chi connectivity index (χ1v) is 6.41. The van der Waals surface area contributed by atoms with Crippen molar-refractivity contribution in [3.63, 3.8) is 0 Å². The molecule has 6 heteroatoms. The largest absolute Gasteiger partial charge is 0.481 e. The highest BCUT2D eigenvalue weighted by Gasteiger charge is 2.44. The normalized spacial score (nSPS) is 23.5. The Morgan fingerprint density at radius 2 is 2.39 bits per heavy atom. The number of aryl methyl sites for hydroxylation is 2. The van der Waals surface area contributed by atoms with Crippen molar-refractivity contribution in [2.24, 2.45) is 5.41 Å². The molecule has 0 bridgehead atoms. The van der Waals surface area contributed by atoms with E-state index in [0.29, 0.717) is 31.0 Å². The van der Waals surface area contributed by atoms with Gasteiger partial charge in [0.15, 0.2) is 0 Å². The summed E-state index contributed by atoms with van der Waals surface area (Å²) in [6, 6.07) is 0. The van der Waals surface area contributed by atoms with Gasteiger partial charge in [0, 0.05) is 19.6 Å². The summed E-state index contributed by atoms with van der Waals surface area (Å²) in [5, 5.41) is 14.3. The highest BCUT2D eigenvalue weighted by molar-refractivity contribution is 6.31. The molecule has 100 valence electrons. The highest BCUT2D eigenvalue weighted by Crippen LogP contribution is 2.35. The van der Waals surface area contributed by atoms with Gasteiger partial charge in [-0.2, -0.15) is 5.10 Å². The minimum absolute atomic E-state index is 0.243. The number of rotatable bonds is 4. The van der Waals surface area contributed by atoms with Gasteiger partial charge >= 0.3 is 5.97 Å². The predicted octanol–water partition coefficient (Wildman–Crippen LogP) is 1.90. The molecule has 1 aliphatic heterocycles. The van der Waals surface area contributed by atoms with Crippen LogP contribution in [0.5, 0.6) is 0 Å². The zero-order valence-corrected chi connectivity index (χ0v) is 11.3. The molecule has 1 N–H and O–H groups in total. The van der Waals surface area contributed by atoms with Crippen molar-refractivity contribution >= 4 is 17.6 Å². The van der Waals surface area contributed by atoms with Crippen LogP contribution < -0.4 is 0 Å². The van der Waals surface area contributed by atoms with E-state index in [4.69, 9.17) is 16.3 Å². The van der Waals surface area contributed by atoms with E-state index in [0.717, 1.165) is 11.4 Å². The van der Waals surface area contributed by atoms with Crippen LogP contribution >= 0.6 is 11.6 Å². The number of ether oxygens (including phenoxy) is 1. The van der Waals surface area contributed by atoms with E-state index in [9.17, 15) is 9.90 Å². The molecule has 2 heterocycles. The van der Waals surface area contributed by atoms with Crippen LogP contribution in [0.15, 0.2) is 0 Å². The first-order chi connectivity index (χ1) is 8.50. The van der Waals surface area contributed by atoms with Gasteiger partial charge in [0.25, 0.3) is 0 Å². The summed E-state index contributed by atoms with van der Waals surface area (Å²) in [5.74, 6) is -0.822. The molecule has 1 atom stereocenters. The van der Waals surface area contributed by atoms with Gasteiger partial charge in [-0.15, -0.1) is 0 Å². The number of aliphatic carboxylic acids is 1. The van der Waals surface area contributed by atoms with Gasteiger partial charge in [-0.25, -0.2) is 0 Å². The number of hydrogen-bond acceptors (Lipinski definition) is 3. The molecule has 0 aliphatic carbocycles. The topological polar surface area (TPSA) is 64.4 Å². The van der Waals surface area contributed by atoms with E-state index in [1.165, 1.54) is 0 Å². The van der Waals surface area contributed by atoms with Crippen LogP contribution in [0.2, 0.25) is 5.02 Å². The summed E-state index contributed by atoms with van der Waals surface area (Å²) in [6.07, 6.45) is 0.891. The van der Waals surface area contributed by atoms with Gasteiger partial charge in [-0.1, -0.05) is 11.6 Å². The molecule has 0 spiro atoms. The smallest absolute Gasteiger partial charge is 0.312 e. The van der Waals surface area contributed by atoms with Crippen molar-refractivity contribution in [3.8, 4) is 0 Å². The maximum absolute atomic E-state index is 11.5. The quantitative estimate of drug-likeness (QED) is 0.909. The average Bonchev–Trinajstić information content (AvgIpc) is 2.90. The van der Waals surface area contributed by atoms with Crippen LogP contribution in [0.3, 0.4) is 0 Å². The molecule has 1 aromatic heterocycles. The van der Waals surface area contributed by atoms with Crippen LogP contribution in [0, 0.1) is 12.3 Å². The fourth-order valence-corrected chi connectivity index (χ4v) is 2.55. The van der Waals surface area contributed by atoms with Crippen LogP contribution in [0.1, 0.15) is 24.7 Å². The van der Waals surface area contributed by atoms with E-state index in [2.05, 4.69) is 5.10 Å². The summed E-state index contributed by atoms with van der Waals surface area (Å²) in [7, 11) is 0. The van der Waals surface area contributed by atoms with E-state index in [-0.39, 0.29) is 6.61 Å². The molecular formula is C12H17ClN2O3. The monoisotopic (exact) mass is 272 g/mol. The minimum Gasteiger partial charge on any atom is -0.481 e. The molecule has 2 rings (SSSR count). The molecule has 1 unspecified atom stereocenters. The first-order valence-electron chi connectivity index (χ1n) is 6.03. The third-order valence-corrected chi connectivity index (χ3v) is 4.01. The third-order valence-electron chi connectivity index (χ3n) is 3.52. The van der Waals surface area contributed by atoms with Crippen LogP contribution in [-0.2, 0) is 22.5 Å². The number of carboxylic acids is 1. The molecule has 18 heavy (non-hydrogen) atoms. The van der Waals surface area contributed by atoms with E-state index in [1.807, 2.05) is 13.8 Å². The van der Waals surface area contributed by atoms with Gasteiger partial charge in [-0.3, -0.25) is 9.48 Å². The predicted molar refractivity (Wildman–Crippen MR) is 66.9 cm³/mol. The van der Waals surface area contributed by atoms with Gasteiger partial charge in [-0.05, 0) is 20.3 Å². The molecule has 1 saturated heterocycles. The lowest BCUT2D eigenvalue weighted by Gasteiger charge is -2.22. The Morgan fingerprint density at radius 1 is 1.67 bits per heavy atom. The Hall–Kier alpha value is -1.07. The average molecular weight is 273 g/mol. The number of halogens is 1. The molecular weight excluding hydrogens is 256 g/mol. The number of nitrogens with zero attached hydrogens (tertiary/aromatic N) is 2. The zero-order chi connectivity index (χ0) is 13.3. The van der Waals surface area contributed by atoms with E-state index < -0.39 is 11.4 Å². The fourth-order valence-electron chi connectivity index (χ4n) is 2.35. The summed E-state index contributed by atoms with van der Waals surface area (Å²) in [5.41, 5.74) is 0.681. The Morgan fingerprint density at radius 3 is 2.89 bits per heavy atom. The lowest BCUT2D eigenvalue weighted by atomic mass is 9.82. The second-order valence-electron chi connectivity index (χ2n) is 4.73. The van der Waals surface area contributed by atoms with Crippen molar-refractivity contribution in [2.75, 3.05) is 13.2 Å². The molecule has 5 nitrogen and oxygen atoms in total.